The van der Waals surface area contributed by atoms with Gasteiger partial charge in [0.25, 0.3) is 0 Å². The van der Waals surface area contributed by atoms with Gasteiger partial charge in [-0.25, -0.2) is 4.98 Å². The number of aliphatic hydroxyl groups excluding tert-OH is 1. The maximum absolute atomic E-state index is 13.1. The second-order valence-corrected chi connectivity index (χ2v) is 17.8. The van der Waals surface area contributed by atoms with Crippen LogP contribution in [-0.4, -0.2) is 66.2 Å². The summed E-state index contributed by atoms with van der Waals surface area (Å²) in [5.74, 6) is 8.09. The quantitative estimate of drug-likeness (QED) is 0.0985. The number of nitrogens with two attached hydrogens (primary N) is 1. The summed E-state index contributed by atoms with van der Waals surface area (Å²) in [6.07, 6.45) is 20.4. The third kappa shape index (κ3) is 4.59. The monoisotopic (exact) mass is 700 g/mol. The minimum Gasteiger partial charge on any atom is -0.390 e. The Morgan fingerprint density at radius 2 is 1.96 bits per heavy atom. The molecule has 7 aliphatic rings. The van der Waals surface area contributed by atoms with Gasteiger partial charge in [0, 0.05) is 61.4 Å². The first-order chi connectivity index (χ1) is 25.1. The third-order valence-electron chi connectivity index (χ3n) is 15.4. The number of aliphatic hydroxyl groups is 3. The lowest BCUT2D eigenvalue weighted by atomic mass is 9.42. The number of imidazole rings is 1. The van der Waals surface area contributed by atoms with E-state index in [0.29, 0.717) is 18.8 Å². The summed E-state index contributed by atoms with van der Waals surface area (Å²) in [6, 6.07) is 10.3. The van der Waals surface area contributed by atoms with Gasteiger partial charge >= 0.3 is 0 Å². The molecule has 3 aromatic rings. The number of allylic oxidation sites excluding steroid dienone is 3. The molecule has 0 amide bonds. The van der Waals surface area contributed by atoms with Crippen LogP contribution in [0.2, 0.25) is 0 Å². The van der Waals surface area contributed by atoms with E-state index in [0.717, 1.165) is 57.0 Å². The van der Waals surface area contributed by atoms with Gasteiger partial charge < -0.3 is 35.9 Å². The van der Waals surface area contributed by atoms with Gasteiger partial charge in [0.15, 0.2) is 5.96 Å². The highest BCUT2D eigenvalue weighted by molar-refractivity contribution is 5.80. The topological polar surface area (TPSA) is 145 Å². The van der Waals surface area contributed by atoms with E-state index in [9.17, 15) is 15.3 Å². The van der Waals surface area contributed by atoms with Crippen molar-refractivity contribution in [2.75, 3.05) is 7.05 Å². The number of nitrogens with one attached hydrogen (secondary N) is 2. The zero-order valence-corrected chi connectivity index (χ0v) is 30.1. The predicted molar refractivity (Wildman–Crippen MR) is 200 cm³/mol. The number of guanidine groups is 1. The van der Waals surface area contributed by atoms with Crippen molar-refractivity contribution in [1.29, 1.82) is 0 Å². The van der Waals surface area contributed by atoms with E-state index >= 15 is 0 Å². The molecule has 0 saturated heterocycles. The predicted octanol–water partition coefficient (Wildman–Crippen LogP) is 4.71. The SMILES string of the molecule is CN=C(N)N[C@H]1C#C[C@H]2C[C@]3(C=C(Cc4cc5ccccc5[nH]4)[C@]24[C@H]2C=CC[C@@]5(O)[C@H]6C[C@H](O)[C@@](O)(C1)[C@H]6[C@@H]4CC[C@@H]25)CC[C@H](Cn1ccnc1)C3. The van der Waals surface area contributed by atoms with Gasteiger partial charge in [-0.15, -0.1) is 0 Å². The lowest BCUT2D eigenvalue weighted by Gasteiger charge is -2.61. The molecule has 0 unspecified atom stereocenters. The van der Waals surface area contributed by atoms with Crippen molar-refractivity contribution in [3.63, 3.8) is 0 Å². The number of aromatic nitrogens is 3. The molecule has 4 saturated carbocycles. The molecule has 2 aromatic heterocycles. The highest BCUT2D eigenvalue weighted by Gasteiger charge is 2.75. The fraction of sp³-hybridized carbons (Fsp3) is 0.581. The van der Waals surface area contributed by atoms with Crippen LogP contribution in [0.5, 0.6) is 0 Å². The fourth-order valence-corrected chi connectivity index (χ4v) is 13.7. The highest BCUT2D eigenvalue weighted by Crippen LogP contribution is 2.75. The van der Waals surface area contributed by atoms with Crippen molar-refractivity contribution in [1.82, 2.24) is 19.9 Å². The first-order valence-electron chi connectivity index (χ1n) is 19.7. The minimum absolute atomic E-state index is 0.00314. The van der Waals surface area contributed by atoms with E-state index in [-0.39, 0.29) is 53.3 Å². The van der Waals surface area contributed by atoms with Gasteiger partial charge in [0.2, 0.25) is 0 Å². The van der Waals surface area contributed by atoms with Gasteiger partial charge in [0.1, 0.15) is 0 Å². The number of benzene rings is 1. The summed E-state index contributed by atoms with van der Waals surface area (Å²) in [5.41, 5.74) is 7.18. The molecule has 52 heavy (non-hydrogen) atoms. The van der Waals surface area contributed by atoms with Crippen molar-refractivity contribution in [3.05, 3.63) is 78.5 Å². The molecule has 10 rings (SSSR count). The second kappa shape index (κ2) is 11.6. The minimum atomic E-state index is -1.44. The number of fused-ring (bicyclic) bond motifs is 2. The van der Waals surface area contributed by atoms with Crippen molar-refractivity contribution >= 4 is 16.9 Å². The van der Waals surface area contributed by atoms with Crippen LogP contribution in [0.1, 0.15) is 63.5 Å². The summed E-state index contributed by atoms with van der Waals surface area (Å²) in [5, 5.41) is 42.7. The smallest absolute Gasteiger partial charge is 0.189 e. The second-order valence-electron chi connectivity index (χ2n) is 17.8. The summed E-state index contributed by atoms with van der Waals surface area (Å²) in [4.78, 5) is 12.3. The maximum atomic E-state index is 13.1. The highest BCUT2D eigenvalue weighted by atomic mass is 16.3. The van der Waals surface area contributed by atoms with Gasteiger partial charge in [-0.05, 0) is 110 Å². The maximum Gasteiger partial charge on any atom is 0.189 e. The first-order valence-corrected chi connectivity index (χ1v) is 19.7. The summed E-state index contributed by atoms with van der Waals surface area (Å²) >= 11 is 0. The van der Waals surface area contributed by atoms with Crippen molar-refractivity contribution in [2.24, 2.45) is 63.0 Å². The van der Waals surface area contributed by atoms with E-state index in [4.69, 9.17) is 5.73 Å². The molecule has 272 valence electrons. The number of hydrogen-bond donors (Lipinski definition) is 6. The van der Waals surface area contributed by atoms with Crippen molar-refractivity contribution in [2.45, 2.75) is 94.1 Å². The zero-order valence-electron chi connectivity index (χ0n) is 30.1. The number of hydrogen-bond acceptors (Lipinski definition) is 5. The van der Waals surface area contributed by atoms with E-state index in [1.807, 2.05) is 12.5 Å². The Morgan fingerprint density at radius 3 is 2.79 bits per heavy atom. The molecule has 2 heterocycles. The lowest BCUT2D eigenvalue weighted by Crippen LogP contribution is -2.59. The molecule has 6 bridgehead atoms. The molecule has 4 fully saturated rings. The number of aromatic amines is 1. The number of para-hydroxylation sites is 1. The van der Waals surface area contributed by atoms with Crippen LogP contribution in [-0.2, 0) is 13.0 Å². The van der Waals surface area contributed by atoms with Crippen LogP contribution in [0.15, 0.2) is 77.8 Å². The zero-order chi connectivity index (χ0) is 35.5. The van der Waals surface area contributed by atoms with Gasteiger partial charge in [-0.2, -0.15) is 0 Å². The van der Waals surface area contributed by atoms with Gasteiger partial charge in [0.05, 0.1) is 29.7 Å². The Morgan fingerprint density at radius 1 is 1.10 bits per heavy atom. The van der Waals surface area contributed by atoms with Crippen LogP contribution >= 0.6 is 0 Å². The number of aliphatic imine (C=N–C) groups is 1. The van der Waals surface area contributed by atoms with Crippen LogP contribution in [0.25, 0.3) is 10.9 Å². The Bertz CT molecular complexity index is 2010. The summed E-state index contributed by atoms with van der Waals surface area (Å²) in [6.45, 7) is 0.966. The molecule has 0 aliphatic heterocycles. The van der Waals surface area contributed by atoms with E-state index < -0.39 is 28.8 Å². The Hall–Kier alpha value is -3.84. The molecule has 7 aliphatic carbocycles. The van der Waals surface area contributed by atoms with Crippen LogP contribution in [0.3, 0.4) is 0 Å². The van der Waals surface area contributed by atoms with Crippen LogP contribution in [0, 0.1) is 64.1 Å². The average molecular weight is 701 g/mol. The van der Waals surface area contributed by atoms with E-state index in [1.165, 1.54) is 16.7 Å². The number of rotatable bonds is 5. The summed E-state index contributed by atoms with van der Waals surface area (Å²) in [7, 11) is 1.65. The van der Waals surface area contributed by atoms with Gasteiger partial charge in [-0.1, -0.05) is 53.8 Å². The molecule has 9 heteroatoms. The van der Waals surface area contributed by atoms with Crippen LogP contribution < -0.4 is 11.1 Å². The standard InChI is InChI=1S/C43H52N6O3/c1-45-39(44)48-30-9-8-28-21-40(14-12-26(20-40)24-49-16-15-46-25-49)22-29(18-31-17-27-5-2-3-7-36(27)47-31)43(28)33-6-4-13-41(51)32(33)10-11-34(43)38-35(41)19-37(50)42(38,52)23-30/h2-7,15-17,22,25-26,28,30,32-35,37-38,47,50-52H,10-14,18-21,23-24H2,1H3,(H3,44,45,48)/t26-,28-,30-,32-,33-,34-,35-,37-,38-,40-,41-,42-,43-/m0/s1. The molecule has 9 nitrogen and oxygen atoms in total. The van der Waals surface area contributed by atoms with E-state index in [2.05, 4.69) is 91.4 Å². The molecular weight excluding hydrogens is 649 g/mol. The first kappa shape index (κ1) is 32.8. The number of H-pyrrole nitrogens is 1. The lowest BCUT2D eigenvalue weighted by molar-refractivity contribution is -0.133. The molecule has 0 radical (unpaired) electrons. The Labute approximate surface area is 305 Å². The van der Waals surface area contributed by atoms with Crippen LogP contribution in [0.4, 0.5) is 0 Å². The molecular formula is C43H52N6O3. The normalized spacial score (nSPS) is 44.3. The largest absolute Gasteiger partial charge is 0.390 e. The fourth-order valence-electron chi connectivity index (χ4n) is 13.7. The Kier molecular flexibility index (Phi) is 7.30. The van der Waals surface area contributed by atoms with Gasteiger partial charge in [-0.3, -0.25) is 4.99 Å². The number of nitrogens with zero attached hydrogens (tertiary/aromatic N) is 3. The molecule has 2 spiro atoms. The molecule has 1 aromatic carbocycles. The third-order valence-corrected chi connectivity index (χ3v) is 15.4. The van der Waals surface area contributed by atoms with E-state index in [1.54, 1.807) is 7.05 Å². The average Bonchev–Trinajstić information content (AvgIpc) is 3.91. The Balaban J connectivity index is 1.20. The molecule has 7 N–H and O–H groups in total. The molecule has 13 atom stereocenters. The van der Waals surface area contributed by atoms with Crippen molar-refractivity contribution in [3.8, 4) is 11.8 Å². The van der Waals surface area contributed by atoms with Crippen molar-refractivity contribution < 1.29 is 15.3 Å². The summed E-state index contributed by atoms with van der Waals surface area (Å²) < 4.78 is 2.23.